The molecule has 0 bridgehead atoms. The molecule has 1 saturated carbocycles. The van der Waals surface area contributed by atoms with Gasteiger partial charge in [0.2, 0.25) is 12.2 Å². The van der Waals surface area contributed by atoms with E-state index in [4.69, 9.17) is 0 Å². The fourth-order valence-corrected chi connectivity index (χ4v) is 3.07. The number of nitrogens with one attached hydrogen (secondary N) is 2. The Balaban J connectivity index is 2.90. The summed E-state index contributed by atoms with van der Waals surface area (Å²) >= 11 is 0. The monoisotopic (exact) mass is 387 g/mol. The average Bonchev–Trinajstić information content (AvgIpc) is 2.71. The van der Waals surface area contributed by atoms with Gasteiger partial charge in [0, 0.05) is 18.8 Å². The van der Waals surface area contributed by atoms with Crippen LogP contribution >= 0.6 is 0 Å². The second-order valence-electron chi connectivity index (χ2n) is 6.71. The Morgan fingerprint density at radius 3 is 2.46 bits per heavy atom. The summed E-state index contributed by atoms with van der Waals surface area (Å²) in [5.41, 5.74) is 0. The van der Waals surface area contributed by atoms with Crippen molar-refractivity contribution in [1.29, 1.82) is 0 Å². The van der Waals surface area contributed by atoms with E-state index in [0.717, 1.165) is 25.7 Å². The summed E-state index contributed by atoms with van der Waals surface area (Å²) in [5.74, 6) is -0.979. The van der Waals surface area contributed by atoms with E-state index in [1.165, 1.54) is 17.5 Å². The lowest BCUT2D eigenvalue weighted by atomic mass is 9.95. The Labute approximate surface area is 168 Å². The summed E-state index contributed by atoms with van der Waals surface area (Å²) < 4.78 is 0. The van der Waals surface area contributed by atoms with E-state index in [0.29, 0.717) is 6.42 Å². The van der Waals surface area contributed by atoms with E-state index in [-0.39, 0.29) is 24.8 Å². The minimum Gasteiger partial charge on any atom is -0.389 e. The van der Waals surface area contributed by atoms with Crippen LogP contribution in [0.5, 0.6) is 0 Å². The van der Waals surface area contributed by atoms with Gasteiger partial charge in [-0.1, -0.05) is 55.7 Å². The Morgan fingerprint density at radius 1 is 1.07 bits per heavy atom. The highest BCUT2D eigenvalue weighted by molar-refractivity contribution is 6.24. The average molecular weight is 388 g/mol. The van der Waals surface area contributed by atoms with E-state index in [1.54, 1.807) is 12.3 Å². The molecule has 1 unspecified atom stereocenters. The molecule has 1 aliphatic carbocycles. The van der Waals surface area contributed by atoms with Crippen molar-refractivity contribution in [2.75, 3.05) is 6.54 Å². The van der Waals surface area contributed by atoms with Crippen LogP contribution in [-0.2, 0) is 14.4 Å². The van der Waals surface area contributed by atoms with Crippen molar-refractivity contribution in [2.24, 2.45) is 0 Å². The lowest BCUT2D eigenvalue weighted by Gasteiger charge is -2.30. The molecule has 154 valence electrons. The van der Waals surface area contributed by atoms with Crippen LogP contribution in [0.15, 0.2) is 48.9 Å². The van der Waals surface area contributed by atoms with Crippen molar-refractivity contribution < 1.29 is 14.4 Å². The van der Waals surface area contributed by atoms with Crippen LogP contribution in [0, 0.1) is 0 Å². The molecule has 1 atom stereocenters. The van der Waals surface area contributed by atoms with E-state index >= 15 is 0 Å². The first-order valence-corrected chi connectivity index (χ1v) is 10.0. The van der Waals surface area contributed by atoms with Crippen LogP contribution in [0.2, 0.25) is 0 Å². The molecule has 0 aromatic rings. The number of rotatable bonds is 11. The van der Waals surface area contributed by atoms with Crippen molar-refractivity contribution in [2.45, 2.75) is 64.5 Å². The molecule has 2 amide bonds. The third-order valence-electron chi connectivity index (χ3n) is 4.52. The van der Waals surface area contributed by atoms with Gasteiger partial charge >= 0.3 is 0 Å². The zero-order valence-electron chi connectivity index (χ0n) is 17.0. The van der Waals surface area contributed by atoms with E-state index < -0.39 is 11.9 Å². The fourth-order valence-electron chi connectivity index (χ4n) is 3.07. The highest BCUT2D eigenvalue weighted by Crippen LogP contribution is 2.17. The topological polar surface area (TPSA) is 78.5 Å². The molecule has 0 aliphatic heterocycles. The third-order valence-corrected chi connectivity index (χ3v) is 4.52. The Bertz CT molecular complexity index is 602. The molecule has 0 radical (unpaired) electrons. The van der Waals surface area contributed by atoms with E-state index in [2.05, 4.69) is 10.6 Å². The quantitative estimate of drug-likeness (QED) is 0.325. The molecule has 0 spiro atoms. The van der Waals surface area contributed by atoms with E-state index in [9.17, 15) is 14.4 Å². The van der Waals surface area contributed by atoms with Gasteiger partial charge in [-0.15, -0.1) is 0 Å². The molecular formula is C22H33N3O3. The van der Waals surface area contributed by atoms with Gasteiger partial charge in [0.15, 0.2) is 0 Å². The van der Waals surface area contributed by atoms with Crippen molar-refractivity contribution in [3.63, 3.8) is 0 Å². The fraction of sp³-hybridized carbons (Fsp3) is 0.500. The van der Waals surface area contributed by atoms with Crippen molar-refractivity contribution in [3.8, 4) is 0 Å². The molecule has 28 heavy (non-hydrogen) atoms. The maximum Gasteiger partial charge on any atom is 0.291 e. The molecule has 0 heterocycles. The maximum absolute atomic E-state index is 12.9. The summed E-state index contributed by atoms with van der Waals surface area (Å²) in [7, 11) is 0. The Morgan fingerprint density at radius 2 is 1.82 bits per heavy atom. The molecule has 1 fully saturated rings. The van der Waals surface area contributed by atoms with Crippen LogP contribution in [0.1, 0.15) is 52.4 Å². The van der Waals surface area contributed by atoms with Gasteiger partial charge in [-0.2, -0.15) is 0 Å². The maximum atomic E-state index is 12.9. The second-order valence-corrected chi connectivity index (χ2v) is 6.71. The summed E-state index contributed by atoms with van der Waals surface area (Å²) in [4.78, 5) is 37.5. The van der Waals surface area contributed by atoms with Crippen LogP contribution < -0.4 is 10.6 Å². The van der Waals surface area contributed by atoms with Gasteiger partial charge in [0.25, 0.3) is 5.91 Å². The molecule has 0 aromatic heterocycles. The van der Waals surface area contributed by atoms with Crippen molar-refractivity contribution >= 4 is 18.1 Å². The number of hydrogen-bond acceptors (Lipinski definition) is 4. The lowest BCUT2D eigenvalue weighted by Crippen LogP contribution is -2.54. The van der Waals surface area contributed by atoms with Gasteiger partial charge in [-0.3, -0.25) is 19.3 Å². The van der Waals surface area contributed by atoms with Crippen molar-refractivity contribution in [1.82, 2.24) is 15.5 Å². The summed E-state index contributed by atoms with van der Waals surface area (Å²) in [6.07, 6.45) is 20.6. The van der Waals surface area contributed by atoms with Gasteiger partial charge < -0.3 is 10.6 Å². The summed E-state index contributed by atoms with van der Waals surface area (Å²) in [6.45, 7) is 4.01. The zero-order valence-corrected chi connectivity index (χ0v) is 17.0. The zero-order chi connectivity index (χ0) is 20.6. The third kappa shape index (κ3) is 8.84. The molecule has 1 aliphatic rings. The molecule has 6 nitrogen and oxygen atoms in total. The van der Waals surface area contributed by atoms with Crippen LogP contribution in [0.3, 0.4) is 0 Å². The first kappa shape index (κ1) is 23.4. The number of carbonyl (C=O) groups is 3. The predicted octanol–water partition coefficient (Wildman–Crippen LogP) is 2.99. The minimum absolute atomic E-state index is 0.131. The van der Waals surface area contributed by atoms with Crippen LogP contribution in [0.25, 0.3) is 0 Å². The van der Waals surface area contributed by atoms with Gasteiger partial charge in [-0.25, -0.2) is 0 Å². The molecule has 0 saturated heterocycles. The summed E-state index contributed by atoms with van der Waals surface area (Å²) in [5, 5.41) is 6.08. The number of allylic oxidation sites excluding steroid dienone is 6. The number of nitrogens with zero attached hydrogens (tertiary/aromatic N) is 1. The predicted molar refractivity (Wildman–Crippen MR) is 112 cm³/mol. The summed E-state index contributed by atoms with van der Waals surface area (Å²) in [6, 6.07) is -0.669. The second kappa shape index (κ2) is 14.4. The Kier molecular flexibility index (Phi) is 12.1. The highest BCUT2D eigenvalue weighted by atomic mass is 16.2. The molecular weight excluding hydrogens is 354 g/mol. The number of amides is 2. The van der Waals surface area contributed by atoms with Crippen molar-refractivity contribution in [3.05, 3.63) is 48.9 Å². The highest BCUT2D eigenvalue weighted by Gasteiger charge is 2.29. The number of aldehydes is 1. The van der Waals surface area contributed by atoms with Crippen LogP contribution in [-0.4, -0.2) is 41.6 Å². The van der Waals surface area contributed by atoms with Crippen LogP contribution in [0.4, 0.5) is 0 Å². The molecule has 2 N–H and O–H groups in total. The smallest absolute Gasteiger partial charge is 0.291 e. The lowest BCUT2D eigenvalue weighted by molar-refractivity contribution is -0.141. The standard InChI is InChI=1S/C22H33N3O3/c1-3-5-6-7-8-12-16-25(21(27)18-26)20(17-23-15-4-2)22(28)24-19-13-10-9-11-14-19/h3-7,12,15-16,18-20,23H,8-11,13-14,17H2,1-2H3,(H,24,28)/b5-3-,7-6?,15-4-,16-12+. The number of carbonyl (C=O) groups excluding carboxylic acids is 3. The first-order chi connectivity index (χ1) is 13.6. The van der Waals surface area contributed by atoms with E-state index in [1.807, 2.05) is 44.2 Å². The largest absolute Gasteiger partial charge is 0.389 e. The Hall–Kier alpha value is -2.63. The van der Waals surface area contributed by atoms with Gasteiger partial charge in [-0.05, 0) is 39.3 Å². The van der Waals surface area contributed by atoms with Gasteiger partial charge in [0.1, 0.15) is 6.04 Å². The first-order valence-electron chi connectivity index (χ1n) is 10.0. The normalized spacial score (nSPS) is 16.8. The molecule has 0 aromatic carbocycles. The SMILES string of the molecule is C/C=C\C=CC/C=C/N(C(=O)C=O)C(CN/C=C\C)C(=O)NC1CCCCC1. The van der Waals surface area contributed by atoms with Gasteiger partial charge in [0.05, 0.1) is 0 Å². The molecule has 6 heteroatoms. The minimum atomic E-state index is -0.799. The molecule has 1 rings (SSSR count). The number of hydrogen-bond donors (Lipinski definition) is 2.